The monoisotopic (exact) mass is 392 g/mol. The molecule has 1 N–H and O–H groups in total. The fourth-order valence-corrected chi connectivity index (χ4v) is 4.94. The predicted octanol–water partition coefficient (Wildman–Crippen LogP) is 4.87. The molecule has 4 rings (SSSR count). The third-order valence-electron chi connectivity index (χ3n) is 6.39. The van der Waals surface area contributed by atoms with Crippen LogP contribution >= 0.6 is 0 Å². The second-order valence-corrected chi connectivity index (χ2v) is 8.38. The third kappa shape index (κ3) is 3.18. The van der Waals surface area contributed by atoms with E-state index in [-0.39, 0.29) is 11.8 Å². The Kier molecular flexibility index (Phi) is 5.07. The lowest BCUT2D eigenvalue weighted by molar-refractivity contribution is -0.121. The zero-order valence-electron chi connectivity index (χ0n) is 17.3. The van der Waals surface area contributed by atoms with Gasteiger partial charge in [-0.3, -0.25) is 4.79 Å². The molecule has 1 fully saturated rings. The van der Waals surface area contributed by atoms with Gasteiger partial charge in [0.05, 0.1) is 0 Å². The molecule has 1 aliphatic carbocycles. The molecule has 1 aliphatic heterocycles. The van der Waals surface area contributed by atoms with Gasteiger partial charge in [-0.25, -0.2) is 4.79 Å². The summed E-state index contributed by atoms with van der Waals surface area (Å²) < 4.78 is 5.37. The fraction of sp³-hybridized carbons (Fsp3) is 0.417. The first-order valence-electron chi connectivity index (χ1n) is 10.4. The first kappa shape index (κ1) is 19.5. The average Bonchev–Trinajstić information content (AvgIpc) is 3.03. The molecule has 2 aliphatic rings. The Balaban J connectivity index is 1.80. The summed E-state index contributed by atoms with van der Waals surface area (Å²) in [5.74, 6) is 0.801. The first-order valence-corrected chi connectivity index (χ1v) is 10.4. The number of hydrogen-bond donors (Lipinski definition) is 1. The second kappa shape index (κ2) is 7.54. The topological polar surface area (TPSA) is 58.6 Å². The molecule has 1 unspecified atom stereocenters. The van der Waals surface area contributed by atoms with Gasteiger partial charge < -0.3 is 15.0 Å². The highest BCUT2D eigenvalue weighted by Gasteiger charge is 2.53. The summed E-state index contributed by atoms with van der Waals surface area (Å²) in [6, 6.07) is 13.7. The van der Waals surface area contributed by atoms with Crippen LogP contribution in [0, 0.1) is 12.8 Å². The van der Waals surface area contributed by atoms with Gasteiger partial charge in [-0.1, -0.05) is 49.6 Å². The van der Waals surface area contributed by atoms with E-state index in [1.165, 1.54) is 11.3 Å². The molecule has 2 amide bonds. The van der Waals surface area contributed by atoms with Crippen molar-refractivity contribution in [1.82, 2.24) is 4.90 Å². The Morgan fingerprint density at radius 2 is 1.76 bits per heavy atom. The molecule has 1 heterocycles. The van der Waals surface area contributed by atoms with Gasteiger partial charge in [0.25, 0.3) is 0 Å². The van der Waals surface area contributed by atoms with Gasteiger partial charge >= 0.3 is 6.09 Å². The molecule has 2 aromatic carbocycles. The number of anilines is 1. The molecule has 1 saturated carbocycles. The normalized spacial score (nSPS) is 21.4. The van der Waals surface area contributed by atoms with Gasteiger partial charge in [0.2, 0.25) is 5.91 Å². The highest BCUT2D eigenvalue weighted by atomic mass is 16.6. The predicted molar refractivity (Wildman–Crippen MR) is 113 cm³/mol. The number of aryl methyl sites for hydroxylation is 1. The van der Waals surface area contributed by atoms with Crippen molar-refractivity contribution in [3.63, 3.8) is 0 Å². The SMILES string of the molecule is Cc1cccc2c1NC(=O)C2(c1ccc(OC(=O)N(C)C)cc1)C1CCCCC1. The Morgan fingerprint density at radius 3 is 2.41 bits per heavy atom. The number of amides is 2. The van der Waals surface area contributed by atoms with Crippen LogP contribution in [0.2, 0.25) is 0 Å². The minimum Gasteiger partial charge on any atom is -0.410 e. The van der Waals surface area contributed by atoms with E-state index >= 15 is 0 Å². The third-order valence-corrected chi connectivity index (χ3v) is 6.39. The molecule has 0 spiro atoms. The van der Waals surface area contributed by atoms with Gasteiger partial charge in [0, 0.05) is 19.8 Å². The number of para-hydroxylation sites is 1. The summed E-state index contributed by atoms with van der Waals surface area (Å²) in [5.41, 5.74) is 3.39. The molecule has 0 saturated heterocycles. The molecule has 2 aromatic rings. The van der Waals surface area contributed by atoms with Crippen molar-refractivity contribution in [2.75, 3.05) is 19.4 Å². The van der Waals surface area contributed by atoms with Crippen LogP contribution < -0.4 is 10.1 Å². The summed E-state index contributed by atoms with van der Waals surface area (Å²) in [6.07, 6.45) is 5.20. The molecular formula is C24H28N2O3. The number of carbonyl (C=O) groups excluding carboxylic acids is 2. The van der Waals surface area contributed by atoms with Crippen LogP contribution in [-0.2, 0) is 10.2 Å². The van der Waals surface area contributed by atoms with Crippen molar-refractivity contribution in [3.8, 4) is 5.75 Å². The molecule has 29 heavy (non-hydrogen) atoms. The lowest BCUT2D eigenvalue weighted by Crippen LogP contribution is -2.43. The second-order valence-electron chi connectivity index (χ2n) is 8.38. The summed E-state index contributed by atoms with van der Waals surface area (Å²) in [6.45, 7) is 2.04. The number of rotatable bonds is 3. The van der Waals surface area contributed by atoms with Crippen LogP contribution in [-0.4, -0.2) is 31.0 Å². The lowest BCUT2D eigenvalue weighted by atomic mass is 9.62. The smallest absolute Gasteiger partial charge is 0.410 e. The van der Waals surface area contributed by atoms with Crippen LogP contribution in [0.4, 0.5) is 10.5 Å². The Bertz CT molecular complexity index is 930. The van der Waals surface area contributed by atoms with E-state index in [9.17, 15) is 9.59 Å². The minimum atomic E-state index is -0.689. The summed E-state index contributed by atoms with van der Waals surface area (Å²) in [5, 5.41) is 3.18. The maximum Gasteiger partial charge on any atom is 0.414 e. The van der Waals surface area contributed by atoms with Crippen molar-refractivity contribution in [3.05, 3.63) is 59.2 Å². The maximum atomic E-state index is 13.6. The van der Waals surface area contributed by atoms with E-state index in [1.54, 1.807) is 26.2 Å². The zero-order valence-corrected chi connectivity index (χ0v) is 17.3. The van der Waals surface area contributed by atoms with Gasteiger partial charge in [0.15, 0.2) is 0 Å². The Labute approximate surface area is 172 Å². The number of hydrogen-bond acceptors (Lipinski definition) is 3. The van der Waals surface area contributed by atoms with E-state index in [0.29, 0.717) is 5.75 Å². The van der Waals surface area contributed by atoms with Gasteiger partial charge in [0.1, 0.15) is 11.2 Å². The molecule has 5 nitrogen and oxygen atoms in total. The summed E-state index contributed by atoms with van der Waals surface area (Å²) in [4.78, 5) is 26.8. The summed E-state index contributed by atoms with van der Waals surface area (Å²) >= 11 is 0. The number of fused-ring (bicyclic) bond motifs is 1. The highest BCUT2D eigenvalue weighted by Crippen LogP contribution is 2.52. The average molecular weight is 392 g/mol. The minimum absolute atomic E-state index is 0.0618. The number of benzene rings is 2. The maximum absolute atomic E-state index is 13.6. The van der Waals surface area contributed by atoms with E-state index in [0.717, 1.165) is 48.1 Å². The van der Waals surface area contributed by atoms with Crippen LogP contribution in [0.1, 0.15) is 48.8 Å². The van der Waals surface area contributed by atoms with Crippen LogP contribution in [0.3, 0.4) is 0 Å². The molecular weight excluding hydrogens is 364 g/mol. The van der Waals surface area contributed by atoms with E-state index in [2.05, 4.69) is 11.4 Å². The lowest BCUT2D eigenvalue weighted by Gasteiger charge is -2.39. The standard InChI is InChI=1S/C24H28N2O3/c1-16-8-7-11-20-21(16)25-22(27)24(20,17-9-5-4-6-10-17)18-12-14-19(15-13-18)29-23(28)26(2)3/h7-8,11-15,17H,4-6,9-10H2,1-3H3,(H,25,27). The Morgan fingerprint density at radius 1 is 1.07 bits per heavy atom. The van der Waals surface area contributed by atoms with Gasteiger partial charge in [-0.15, -0.1) is 0 Å². The molecule has 1 atom stereocenters. The fourth-order valence-electron chi connectivity index (χ4n) is 4.94. The van der Waals surface area contributed by atoms with Crippen molar-refractivity contribution >= 4 is 17.7 Å². The van der Waals surface area contributed by atoms with Gasteiger partial charge in [-0.2, -0.15) is 0 Å². The summed E-state index contributed by atoms with van der Waals surface area (Å²) in [7, 11) is 3.30. The zero-order chi connectivity index (χ0) is 20.6. The van der Waals surface area contributed by atoms with Crippen molar-refractivity contribution in [1.29, 1.82) is 0 Å². The van der Waals surface area contributed by atoms with Crippen molar-refractivity contribution < 1.29 is 14.3 Å². The van der Waals surface area contributed by atoms with Crippen LogP contribution in [0.15, 0.2) is 42.5 Å². The van der Waals surface area contributed by atoms with E-state index in [1.807, 2.05) is 31.2 Å². The van der Waals surface area contributed by atoms with Crippen molar-refractivity contribution in [2.24, 2.45) is 5.92 Å². The van der Waals surface area contributed by atoms with Crippen LogP contribution in [0.25, 0.3) is 0 Å². The molecule has 0 radical (unpaired) electrons. The van der Waals surface area contributed by atoms with E-state index in [4.69, 9.17) is 4.74 Å². The number of nitrogens with zero attached hydrogens (tertiary/aromatic N) is 1. The number of nitrogens with one attached hydrogen (secondary N) is 1. The molecule has 152 valence electrons. The quantitative estimate of drug-likeness (QED) is 0.810. The molecule has 0 bridgehead atoms. The number of carbonyl (C=O) groups is 2. The Hall–Kier alpha value is -2.82. The molecule has 5 heteroatoms. The van der Waals surface area contributed by atoms with Gasteiger partial charge in [-0.05, 0) is 54.5 Å². The number of ether oxygens (including phenoxy) is 1. The van der Waals surface area contributed by atoms with E-state index < -0.39 is 11.5 Å². The van der Waals surface area contributed by atoms with Crippen LogP contribution in [0.5, 0.6) is 5.75 Å². The highest BCUT2D eigenvalue weighted by molar-refractivity contribution is 6.09. The first-order chi connectivity index (χ1) is 13.9. The van der Waals surface area contributed by atoms with Crippen molar-refractivity contribution in [2.45, 2.75) is 44.4 Å². The molecule has 0 aromatic heterocycles. The largest absolute Gasteiger partial charge is 0.414 e.